The van der Waals surface area contributed by atoms with E-state index >= 15 is 0 Å². The zero-order valence-electron chi connectivity index (χ0n) is 28.4. The minimum Gasteiger partial charge on any atom is -0.872 e. The monoisotopic (exact) mass is 744 g/mol. The van der Waals surface area contributed by atoms with E-state index in [-0.39, 0.29) is 54.6 Å². The van der Waals surface area contributed by atoms with E-state index in [9.17, 15) is 20.4 Å². The Morgan fingerprint density at radius 3 is 1.42 bits per heavy atom. The number of H-pyrrole nitrogens is 2. The molecule has 3 aliphatic heterocycles. The summed E-state index contributed by atoms with van der Waals surface area (Å²) in [6.07, 6.45) is 8.22. The molecule has 9 heteroatoms. The van der Waals surface area contributed by atoms with E-state index in [1.165, 1.54) is 6.07 Å². The molecule has 254 valence electrons. The van der Waals surface area contributed by atoms with Gasteiger partial charge in [-0.25, -0.2) is 0 Å². The van der Waals surface area contributed by atoms with Crippen molar-refractivity contribution in [2.75, 3.05) is 0 Å². The largest absolute Gasteiger partial charge is 2.00 e. The molecule has 0 spiro atoms. The average molecular weight is 746 g/mol. The van der Waals surface area contributed by atoms with Crippen LogP contribution in [-0.2, 0) is 19.5 Å². The first-order valence-corrected chi connectivity index (χ1v) is 17.0. The van der Waals surface area contributed by atoms with E-state index in [4.69, 9.17) is 0 Å². The molecular formula is C44H32N4O4Zn. The fourth-order valence-electron chi connectivity index (χ4n) is 7.52. The van der Waals surface area contributed by atoms with Crippen molar-refractivity contribution in [1.29, 1.82) is 0 Å². The number of benzene rings is 4. The Balaban J connectivity index is 0.00000400. The van der Waals surface area contributed by atoms with Gasteiger partial charge in [-0.15, -0.1) is 11.5 Å². The normalized spacial score (nSPS) is 22.3. The number of allylic oxidation sites excluding steroid dienone is 2. The van der Waals surface area contributed by atoms with Crippen molar-refractivity contribution >= 4 is 22.3 Å². The van der Waals surface area contributed by atoms with Crippen molar-refractivity contribution in [3.05, 3.63) is 201 Å². The van der Waals surface area contributed by atoms with E-state index in [0.717, 1.165) is 78.0 Å². The van der Waals surface area contributed by atoms with E-state index in [1.807, 2.05) is 72.8 Å². The fraction of sp³-hybridized carbons (Fsp3) is 0.0455. The molecule has 2 aromatic heterocycles. The van der Waals surface area contributed by atoms with Gasteiger partial charge in [0.05, 0.1) is 12.1 Å². The summed E-state index contributed by atoms with van der Waals surface area (Å²) in [6, 6.07) is 35.5. The summed E-state index contributed by atoms with van der Waals surface area (Å²) < 4.78 is 0. The van der Waals surface area contributed by atoms with Crippen LogP contribution in [-0.4, -0.2) is 32.3 Å². The number of nitrogens with one attached hydrogen (secondary N) is 4. The Hall–Kier alpha value is -6.44. The SMILES string of the molecule is [O-]c1cccc(/C2=C3\C=CC(N3)/C(c3cccc([O-])c3)=c3/cc/c([nH]3)=C(\c3cccc(O)c3)C3C=C/C(=C(\c4cccc(O)c4)c4ccc2[nH]4)N3)c1.[Zn+2]. The maximum atomic E-state index is 12.7. The van der Waals surface area contributed by atoms with Gasteiger partial charge in [0.2, 0.25) is 0 Å². The second-order valence-corrected chi connectivity index (χ2v) is 13.1. The van der Waals surface area contributed by atoms with Crippen molar-refractivity contribution < 1.29 is 39.9 Å². The minimum atomic E-state index is -0.334. The summed E-state index contributed by atoms with van der Waals surface area (Å²) >= 11 is 0. The predicted molar refractivity (Wildman–Crippen MR) is 198 cm³/mol. The summed E-state index contributed by atoms with van der Waals surface area (Å²) in [5, 5.41) is 55.7. The smallest absolute Gasteiger partial charge is 0.872 e. The van der Waals surface area contributed by atoms with Gasteiger partial charge < -0.3 is 41.0 Å². The second-order valence-electron chi connectivity index (χ2n) is 13.1. The van der Waals surface area contributed by atoms with Crippen LogP contribution >= 0.6 is 0 Å². The average Bonchev–Trinajstić information content (AvgIpc) is 3.96. The predicted octanol–water partition coefficient (Wildman–Crippen LogP) is 4.59. The van der Waals surface area contributed by atoms with Gasteiger partial charge in [0.25, 0.3) is 0 Å². The number of aromatic amines is 2. The van der Waals surface area contributed by atoms with Crippen molar-refractivity contribution in [2.24, 2.45) is 0 Å². The van der Waals surface area contributed by atoms with E-state index < -0.39 is 0 Å². The molecule has 0 saturated heterocycles. The standard InChI is InChI=1S/C44H34N4O4.Zn/c49-29-9-1-5-25(21-29)41-33-13-15-35(45-33)42(26-6-2-10-30(50)22-26)37-17-19-39(47-37)44(28-8-4-12-32(52)24-28)40-20-18-38(48-40)43(36-16-14-34(41)46-36)27-7-3-11-31(51)23-27;/h1-24,33,38,45-52H;/q;+2/p-2/b41-34-,42-35-,43-36-,44-40-;. The van der Waals surface area contributed by atoms with Gasteiger partial charge in [-0.1, -0.05) is 84.9 Å². The zero-order valence-corrected chi connectivity index (χ0v) is 31.4. The Kier molecular flexibility index (Phi) is 8.65. The molecule has 0 radical (unpaired) electrons. The van der Waals surface area contributed by atoms with Crippen LogP contribution in [0.1, 0.15) is 33.6 Å². The summed E-state index contributed by atoms with van der Waals surface area (Å²) in [4.78, 5) is 7.34. The third kappa shape index (κ3) is 6.26. The van der Waals surface area contributed by atoms with Gasteiger partial charge in [-0.3, -0.25) is 0 Å². The van der Waals surface area contributed by atoms with Crippen LogP contribution in [0.2, 0.25) is 0 Å². The molecule has 4 aromatic carbocycles. The van der Waals surface area contributed by atoms with E-state index in [0.29, 0.717) is 0 Å². The van der Waals surface area contributed by atoms with E-state index in [2.05, 4.69) is 32.8 Å². The summed E-state index contributed by atoms with van der Waals surface area (Å²) in [7, 11) is 0. The minimum absolute atomic E-state index is 0. The van der Waals surface area contributed by atoms with Crippen LogP contribution in [0.15, 0.2) is 157 Å². The Labute approximate surface area is 318 Å². The number of rotatable bonds is 4. The number of hydrogen-bond acceptors (Lipinski definition) is 6. The maximum absolute atomic E-state index is 12.7. The first kappa shape index (κ1) is 33.7. The van der Waals surface area contributed by atoms with Gasteiger partial charge >= 0.3 is 19.5 Å². The van der Waals surface area contributed by atoms with Crippen LogP contribution in [0, 0.1) is 0 Å². The number of phenols is 2. The molecular weight excluding hydrogens is 714 g/mol. The fourth-order valence-corrected chi connectivity index (χ4v) is 7.52. The van der Waals surface area contributed by atoms with Gasteiger partial charge in [0.15, 0.2) is 0 Å². The van der Waals surface area contributed by atoms with Crippen molar-refractivity contribution in [3.63, 3.8) is 0 Å². The number of hydrogen-bond donors (Lipinski definition) is 6. The molecule has 8 bridgehead atoms. The molecule has 2 atom stereocenters. The molecule has 0 aliphatic carbocycles. The number of fused-ring (bicyclic) bond motifs is 8. The Bertz CT molecular complexity index is 2480. The van der Waals surface area contributed by atoms with Gasteiger partial charge in [-0.2, -0.15) is 0 Å². The van der Waals surface area contributed by atoms with Crippen molar-refractivity contribution in [2.45, 2.75) is 12.1 Å². The third-order valence-corrected chi connectivity index (χ3v) is 9.74. The molecule has 9 rings (SSSR count). The van der Waals surface area contributed by atoms with Crippen LogP contribution in [0.4, 0.5) is 0 Å². The van der Waals surface area contributed by atoms with Crippen LogP contribution in [0.3, 0.4) is 0 Å². The zero-order chi connectivity index (χ0) is 35.3. The number of aromatic nitrogens is 2. The molecule has 6 aromatic rings. The maximum Gasteiger partial charge on any atom is 2.00 e. The second kappa shape index (κ2) is 13.6. The molecule has 0 amide bonds. The van der Waals surface area contributed by atoms with Gasteiger partial charge in [0.1, 0.15) is 11.5 Å². The van der Waals surface area contributed by atoms with Crippen molar-refractivity contribution in [1.82, 2.24) is 20.6 Å². The Morgan fingerprint density at radius 1 is 0.472 bits per heavy atom. The summed E-state index contributed by atoms with van der Waals surface area (Å²) in [6.45, 7) is 0. The molecule has 53 heavy (non-hydrogen) atoms. The van der Waals surface area contributed by atoms with Crippen LogP contribution in [0.25, 0.3) is 22.3 Å². The quantitative estimate of drug-likeness (QED) is 0.146. The Morgan fingerprint density at radius 2 is 0.906 bits per heavy atom. The molecule has 3 aliphatic rings. The molecule has 0 saturated carbocycles. The topological polar surface area (TPSA) is 142 Å². The first-order chi connectivity index (χ1) is 25.4. The first-order valence-electron chi connectivity index (χ1n) is 17.0. The van der Waals surface area contributed by atoms with E-state index in [1.54, 1.807) is 54.6 Å². The molecule has 8 nitrogen and oxygen atoms in total. The van der Waals surface area contributed by atoms with Crippen LogP contribution in [0.5, 0.6) is 23.0 Å². The van der Waals surface area contributed by atoms with Crippen LogP contribution < -0.4 is 31.5 Å². The molecule has 2 unspecified atom stereocenters. The third-order valence-electron chi connectivity index (χ3n) is 9.74. The molecule has 6 N–H and O–H groups in total. The summed E-state index contributed by atoms with van der Waals surface area (Å²) in [5.74, 6) is 0.0975. The molecule has 0 fully saturated rings. The summed E-state index contributed by atoms with van der Waals surface area (Å²) in [5.41, 5.74) is 9.82. The van der Waals surface area contributed by atoms with Gasteiger partial charge in [0, 0.05) is 55.8 Å². The molecule has 5 heterocycles. The number of phenolic OH excluding ortho intramolecular Hbond substituents is 2. The van der Waals surface area contributed by atoms with Crippen molar-refractivity contribution in [3.8, 4) is 23.0 Å². The number of aromatic hydroxyl groups is 2. The van der Waals surface area contributed by atoms with Gasteiger partial charge in [-0.05, 0) is 82.9 Å².